The Morgan fingerprint density at radius 3 is 1.85 bits per heavy atom. The normalized spacial score (nSPS) is 11.5. The Labute approximate surface area is 122 Å². The van der Waals surface area contributed by atoms with E-state index in [1.165, 1.54) is 22.3 Å². The first-order chi connectivity index (χ1) is 9.27. The Morgan fingerprint density at radius 2 is 1.30 bits per heavy atom. The summed E-state index contributed by atoms with van der Waals surface area (Å²) in [6, 6.07) is 12.7. The Bertz CT molecular complexity index is 618. The highest BCUT2D eigenvalue weighted by Crippen LogP contribution is 2.35. The van der Waals surface area contributed by atoms with Gasteiger partial charge in [-0.05, 0) is 43.9 Å². The van der Waals surface area contributed by atoms with Crippen LogP contribution in [0.15, 0.2) is 36.4 Å². The van der Waals surface area contributed by atoms with E-state index in [0.717, 1.165) is 11.5 Å². The second-order valence-corrected chi connectivity index (χ2v) is 6.62. The molecular formula is C19H24O. The third-order valence-corrected chi connectivity index (χ3v) is 3.49. The molecule has 0 amide bonds. The molecule has 0 unspecified atom stereocenters. The lowest BCUT2D eigenvalue weighted by molar-refractivity contribution is 0.452. The Balaban J connectivity index is 2.43. The zero-order valence-corrected chi connectivity index (χ0v) is 13.4. The highest BCUT2D eigenvalue weighted by Gasteiger charge is 2.19. The highest BCUT2D eigenvalue weighted by molar-refractivity contribution is 5.46. The molecule has 0 fully saturated rings. The van der Waals surface area contributed by atoms with Crippen LogP contribution in [0.4, 0.5) is 0 Å². The van der Waals surface area contributed by atoms with Crippen molar-refractivity contribution in [2.75, 3.05) is 0 Å². The van der Waals surface area contributed by atoms with E-state index in [2.05, 4.69) is 77.9 Å². The van der Waals surface area contributed by atoms with Crippen molar-refractivity contribution >= 4 is 0 Å². The van der Waals surface area contributed by atoms with Crippen LogP contribution in [0, 0.1) is 20.8 Å². The summed E-state index contributed by atoms with van der Waals surface area (Å²) in [4.78, 5) is 0. The molecule has 1 heteroatoms. The lowest BCUT2D eigenvalue weighted by atomic mass is 9.85. The first kappa shape index (κ1) is 14.6. The summed E-state index contributed by atoms with van der Waals surface area (Å²) in [6.07, 6.45) is 0. The lowest BCUT2D eigenvalue weighted by Gasteiger charge is -2.23. The molecule has 20 heavy (non-hydrogen) atoms. The topological polar surface area (TPSA) is 9.23 Å². The highest BCUT2D eigenvalue weighted by atomic mass is 16.5. The fourth-order valence-electron chi connectivity index (χ4n) is 2.35. The maximum atomic E-state index is 6.18. The molecule has 2 aromatic carbocycles. The van der Waals surface area contributed by atoms with Gasteiger partial charge in [0.25, 0.3) is 0 Å². The number of ether oxygens (including phenoxy) is 1. The average Bonchev–Trinajstić information content (AvgIpc) is 2.33. The molecule has 2 rings (SSSR count). The molecular weight excluding hydrogens is 244 g/mol. The van der Waals surface area contributed by atoms with Gasteiger partial charge in [-0.1, -0.05) is 56.2 Å². The predicted octanol–water partition coefficient (Wildman–Crippen LogP) is 5.70. The summed E-state index contributed by atoms with van der Waals surface area (Å²) in [6.45, 7) is 13.0. The summed E-state index contributed by atoms with van der Waals surface area (Å²) >= 11 is 0. The van der Waals surface area contributed by atoms with Crippen LogP contribution in [0.3, 0.4) is 0 Å². The Hall–Kier alpha value is -1.76. The molecule has 0 N–H and O–H groups in total. The van der Waals surface area contributed by atoms with Gasteiger partial charge in [-0.25, -0.2) is 0 Å². The van der Waals surface area contributed by atoms with Gasteiger partial charge in [-0.2, -0.15) is 0 Å². The van der Waals surface area contributed by atoms with Crippen LogP contribution in [0.5, 0.6) is 11.5 Å². The van der Waals surface area contributed by atoms with Crippen LogP contribution in [-0.2, 0) is 5.41 Å². The van der Waals surface area contributed by atoms with Crippen LogP contribution in [-0.4, -0.2) is 0 Å². The lowest BCUT2D eigenvalue weighted by Crippen LogP contribution is -2.13. The van der Waals surface area contributed by atoms with Crippen molar-refractivity contribution in [1.29, 1.82) is 0 Å². The number of rotatable bonds is 2. The van der Waals surface area contributed by atoms with Gasteiger partial charge in [0.1, 0.15) is 11.5 Å². The molecule has 0 spiro atoms. The van der Waals surface area contributed by atoms with Gasteiger partial charge in [0, 0.05) is 5.56 Å². The van der Waals surface area contributed by atoms with Gasteiger partial charge in [-0.3, -0.25) is 0 Å². The van der Waals surface area contributed by atoms with Gasteiger partial charge in [0.15, 0.2) is 0 Å². The van der Waals surface area contributed by atoms with Crippen LogP contribution >= 0.6 is 0 Å². The molecule has 0 saturated carbocycles. The van der Waals surface area contributed by atoms with Crippen LogP contribution in [0.1, 0.15) is 43.0 Å². The van der Waals surface area contributed by atoms with Crippen LogP contribution in [0.2, 0.25) is 0 Å². The Kier molecular flexibility index (Phi) is 3.89. The molecule has 0 bridgehead atoms. The maximum Gasteiger partial charge on any atom is 0.131 e. The summed E-state index contributed by atoms with van der Waals surface area (Å²) in [5.74, 6) is 1.89. The first-order valence-corrected chi connectivity index (χ1v) is 7.13. The van der Waals surface area contributed by atoms with Gasteiger partial charge in [-0.15, -0.1) is 0 Å². The number of benzene rings is 2. The zero-order valence-electron chi connectivity index (χ0n) is 13.4. The molecule has 0 aliphatic carbocycles. The molecule has 0 saturated heterocycles. The SMILES string of the molecule is Cc1ccc(Oc2ccc(C)cc2C(C)(C)C)c(C)c1. The largest absolute Gasteiger partial charge is 0.457 e. The first-order valence-electron chi connectivity index (χ1n) is 7.13. The number of hydrogen-bond donors (Lipinski definition) is 0. The maximum absolute atomic E-state index is 6.18. The van der Waals surface area contributed by atoms with Gasteiger partial charge >= 0.3 is 0 Å². The third-order valence-electron chi connectivity index (χ3n) is 3.49. The Morgan fingerprint density at radius 1 is 0.750 bits per heavy atom. The van der Waals surface area contributed by atoms with Crippen molar-refractivity contribution in [2.45, 2.75) is 47.0 Å². The molecule has 0 radical (unpaired) electrons. The minimum Gasteiger partial charge on any atom is -0.457 e. The van der Waals surface area contributed by atoms with E-state index in [4.69, 9.17) is 4.74 Å². The van der Waals surface area contributed by atoms with Crippen molar-refractivity contribution in [3.63, 3.8) is 0 Å². The minimum absolute atomic E-state index is 0.0694. The fourth-order valence-corrected chi connectivity index (χ4v) is 2.35. The van der Waals surface area contributed by atoms with Gasteiger partial charge < -0.3 is 4.74 Å². The molecule has 0 atom stereocenters. The summed E-state index contributed by atoms with van der Waals surface area (Å²) < 4.78 is 6.18. The predicted molar refractivity (Wildman–Crippen MR) is 85.9 cm³/mol. The molecule has 0 heterocycles. The van der Waals surface area contributed by atoms with Crippen molar-refractivity contribution in [3.8, 4) is 11.5 Å². The smallest absolute Gasteiger partial charge is 0.131 e. The summed E-state index contributed by atoms with van der Waals surface area (Å²) in [7, 11) is 0. The van der Waals surface area contributed by atoms with E-state index >= 15 is 0 Å². The van der Waals surface area contributed by atoms with Crippen LogP contribution < -0.4 is 4.74 Å². The molecule has 2 aromatic rings. The van der Waals surface area contributed by atoms with Crippen molar-refractivity contribution in [2.24, 2.45) is 0 Å². The second-order valence-electron chi connectivity index (χ2n) is 6.62. The monoisotopic (exact) mass is 268 g/mol. The quantitative estimate of drug-likeness (QED) is 0.678. The average molecular weight is 268 g/mol. The molecule has 0 aromatic heterocycles. The molecule has 0 aliphatic heterocycles. The zero-order chi connectivity index (χ0) is 14.9. The van der Waals surface area contributed by atoms with E-state index in [1.54, 1.807) is 0 Å². The van der Waals surface area contributed by atoms with E-state index in [0.29, 0.717) is 0 Å². The molecule has 1 nitrogen and oxygen atoms in total. The van der Waals surface area contributed by atoms with Gasteiger partial charge in [0.05, 0.1) is 0 Å². The molecule has 0 aliphatic rings. The number of hydrogen-bond acceptors (Lipinski definition) is 1. The van der Waals surface area contributed by atoms with E-state index in [9.17, 15) is 0 Å². The summed E-state index contributed by atoms with van der Waals surface area (Å²) in [5.41, 5.74) is 5.01. The van der Waals surface area contributed by atoms with Crippen molar-refractivity contribution in [1.82, 2.24) is 0 Å². The van der Waals surface area contributed by atoms with E-state index in [-0.39, 0.29) is 5.41 Å². The van der Waals surface area contributed by atoms with Crippen LogP contribution in [0.25, 0.3) is 0 Å². The number of aryl methyl sites for hydroxylation is 3. The van der Waals surface area contributed by atoms with Gasteiger partial charge in [0.2, 0.25) is 0 Å². The van der Waals surface area contributed by atoms with Crippen molar-refractivity contribution in [3.05, 3.63) is 58.7 Å². The minimum atomic E-state index is 0.0694. The van der Waals surface area contributed by atoms with E-state index in [1.807, 2.05) is 0 Å². The fraction of sp³-hybridized carbons (Fsp3) is 0.368. The van der Waals surface area contributed by atoms with Crippen molar-refractivity contribution < 1.29 is 4.74 Å². The molecule has 106 valence electrons. The van der Waals surface area contributed by atoms with E-state index < -0.39 is 0 Å². The standard InChI is InChI=1S/C19H24O/c1-13-7-9-17(15(3)11-13)20-18-10-8-14(2)12-16(18)19(4,5)6/h7-12H,1-6H3. The summed E-state index contributed by atoms with van der Waals surface area (Å²) in [5, 5.41) is 0. The second kappa shape index (κ2) is 5.32. The third kappa shape index (κ3) is 3.22.